The maximum atomic E-state index is 13.8. The van der Waals surface area contributed by atoms with E-state index >= 15 is 0 Å². The normalized spacial score (nSPS) is 10.8. The van der Waals surface area contributed by atoms with E-state index in [1.54, 1.807) is 30.5 Å². The van der Waals surface area contributed by atoms with Crippen LogP contribution in [-0.4, -0.2) is 10.9 Å². The maximum Gasteiger partial charge on any atom is 0.228 e. The average Bonchev–Trinajstić information content (AvgIpc) is 2.86. The number of para-hydroxylation sites is 1. The second-order valence-corrected chi connectivity index (χ2v) is 4.68. The number of anilines is 1. The Morgan fingerprint density at radius 1 is 1.05 bits per heavy atom. The number of hydrogen-bond donors (Lipinski definition) is 2. The second kappa shape index (κ2) is 5.36. The molecule has 3 aromatic rings. The number of aromatic nitrogens is 1. The zero-order valence-corrected chi connectivity index (χ0v) is 11.0. The van der Waals surface area contributed by atoms with Gasteiger partial charge in [0.1, 0.15) is 11.6 Å². The lowest BCUT2D eigenvalue weighted by Gasteiger charge is -2.05. The third kappa shape index (κ3) is 2.63. The third-order valence-corrected chi connectivity index (χ3v) is 3.24. The van der Waals surface area contributed by atoms with Crippen molar-refractivity contribution in [2.75, 3.05) is 5.32 Å². The SMILES string of the molecule is O=C(Cc1c[nH]c2cccc(F)c12)Nc1ccccc1F. The van der Waals surface area contributed by atoms with Gasteiger partial charge in [-0.25, -0.2) is 8.78 Å². The number of H-pyrrole nitrogens is 1. The summed E-state index contributed by atoms with van der Waals surface area (Å²) < 4.78 is 27.3. The Kier molecular flexibility index (Phi) is 3.39. The summed E-state index contributed by atoms with van der Waals surface area (Å²) in [5.74, 6) is -1.29. The van der Waals surface area contributed by atoms with Gasteiger partial charge in [-0.1, -0.05) is 18.2 Å². The fourth-order valence-corrected chi connectivity index (χ4v) is 2.28. The Hall–Kier alpha value is -2.69. The van der Waals surface area contributed by atoms with Crippen molar-refractivity contribution in [3.8, 4) is 0 Å². The Morgan fingerprint density at radius 2 is 1.81 bits per heavy atom. The lowest BCUT2D eigenvalue weighted by atomic mass is 10.1. The van der Waals surface area contributed by atoms with E-state index in [0.29, 0.717) is 16.5 Å². The fraction of sp³-hybridized carbons (Fsp3) is 0.0625. The van der Waals surface area contributed by atoms with Gasteiger partial charge >= 0.3 is 0 Å². The van der Waals surface area contributed by atoms with E-state index in [1.807, 2.05) is 0 Å². The zero-order valence-electron chi connectivity index (χ0n) is 11.0. The predicted molar refractivity (Wildman–Crippen MR) is 77.0 cm³/mol. The van der Waals surface area contributed by atoms with Crippen LogP contribution in [0.3, 0.4) is 0 Å². The van der Waals surface area contributed by atoms with Crippen LogP contribution in [0.1, 0.15) is 5.56 Å². The Labute approximate surface area is 119 Å². The molecule has 0 fully saturated rings. The molecule has 1 amide bonds. The van der Waals surface area contributed by atoms with Crippen LogP contribution in [-0.2, 0) is 11.2 Å². The summed E-state index contributed by atoms with van der Waals surface area (Å²) >= 11 is 0. The Balaban J connectivity index is 1.83. The third-order valence-electron chi connectivity index (χ3n) is 3.24. The van der Waals surface area contributed by atoms with Crippen LogP contribution in [0.2, 0.25) is 0 Å². The van der Waals surface area contributed by atoms with Gasteiger partial charge in [0.15, 0.2) is 0 Å². The smallest absolute Gasteiger partial charge is 0.228 e. The molecule has 0 bridgehead atoms. The van der Waals surface area contributed by atoms with Gasteiger partial charge in [-0.05, 0) is 29.8 Å². The number of nitrogens with one attached hydrogen (secondary N) is 2. The molecular weight excluding hydrogens is 274 g/mol. The summed E-state index contributed by atoms with van der Waals surface area (Å²) in [7, 11) is 0. The molecule has 2 N–H and O–H groups in total. The lowest BCUT2D eigenvalue weighted by Crippen LogP contribution is -2.15. The van der Waals surface area contributed by atoms with Crippen molar-refractivity contribution >= 4 is 22.5 Å². The van der Waals surface area contributed by atoms with Gasteiger partial charge in [-0.2, -0.15) is 0 Å². The molecule has 3 rings (SSSR count). The molecule has 106 valence electrons. The van der Waals surface area contributed by atoms with Crippen LogP contribution in [0.5, 0.6) is 0 Å². The monoisotopic (exact) mass is 286 g/mol. The summed E-state index contributed by atoms with van der Waals surface area (Å²) in [5, 5.41) is 2.87. The molecule has 5 heteroatoms. The van der Waals surface area contributed by atoms with E-state index in [1.165, 1.54) is 18.2 Å². The maximum absolute atomic E-state index is 13.8. The molecule has 0 atom stereocenters. The van der Waals surface area contributed by atoms with Crippen molar-refractivity contribution in [3.63, 3.8) is 0 Å². The lowest BCUT2D eigenvalue weighted by molar-refractivity contribution is -0.115. The standard InChI is InChI=1S/C16H12F2N2O/c17-11-4-1-2-6-13(11)20-15(21)8-10-9-19-14-7-3-5-12(18)16(10)14/h1-7,9,19H,8H2,(H,20,21). The number of fused-ring (bicyclic) bond motifs is 1. The molecule has 1 heterocycles. The van der Waals surface area contributed by atoms with Crippen molar-refractivity contribution in [2.45, 2.75) is 6.42 Å². The van der Waals surface area contributed by atoms with Crippen molar-refractivity contribution < 1.29 is 13.6 Å². The van der Waals surface area contributed by atoms with Crippen LogP contribution < -0.4 is 5.32 Å². The van der Waals surface area contributed by atoms with Gasteiger partial charge in [-0.3, -0.25) is 4.79 Å². The first-order valence-electron chi connectivity index (χ1n) is 6.44. The van der Waals surface area contributed by atoms with E-state index < -0.39 is 11.7 Å². The molecule has 0 unspecified atom stereocenters. The molecule has 0 aliphatic heterocycles. The van der Waals surface area contributed by atoms with Crippen molar-refractivity contribution in [1.29, 1.82) is 0 Å². The van der Waals surface area contributed by atoms with E-state index in [-0.39, 0.29) is 17.9 Å². The minimum absolute atomic E-state index is 0.0325. The van der Waals surface area contributed by atoms with Gasteiger partial charge in [0.25, 0.3) is 0 Å². The largest absolute Gasteiger partial charge is 0.361 e. The number of carbonyl (C=O) groups excluding carboxylic acids is 1. The molecule has 1 aromatic heterocycles. The molecule has 0 saturated heterocycles. The number of benzene rings is 2. The van der Waals surface area contributed by atoms with Gasteiger partial charge in [0.2, 0.25) is 5.91 Å². The van der Waals surface area contributed by atoms with Crippen molar-refractivity contribution in [1.82, 2.24) is 4.98 Å². The van der Waals surface area contributed by atoms with Crippen LogP contribution in [0.25, 0.3) is 10.9 Å². The highest BCUT2D eigenvalue weighted by Crippen LogP contribution is 2.22. The quantitative estimate of drug-likeness (QED) is 0.758. The number of amides is 1. The number of carbonyl (C=O) groups is 1. The van der Waals surface area contributed by atoms with Crippen LogP contribution in [0.15, 0.2) is 48.7 Å². The molecule has 3 nitrogen and oxygen atoms in total. The minimum Gasteiger partial charge on any atom is -0.361 e. The molecule has 21 heavy (non-hydrogen) atoms. The second-order valence-electron chi connectivity index (χ2n) is 4.68. The summed E-state index contributed by atoms with van der Waals surface area (Å²) in [6, 6.07) is 10.6. The summed E-state index contributed by atoms with van der Waals surface area (Å²) in [6.45, 7) is 0. The molecule has 2 aromatic carbocycles. The van der Waals surface area contributed by atoms with Crippen LogP contribution in [0.4, 0.5) is 14.5 Å². The predicted octanol–water partition coefficient (Wildman–Crippen LogP) is 3.63. The highest BCUT2D eigenvalue weighted by atomic mass is 19.1. The average molecular weight is 286 g/mol. The van der Waals surface area contributed by atoms with Gasteiger partial charge < -0.3 is 10.3 Å². The molecule has 0 spiro atoms. The first-order chi connectivity index (χ1) is 10.1. The van der Waals surface area contributed by atoms with Crippen LogP contribution >= 0.6 is 0 Å². The number of aromatic amines is 1. The van der Waals surface area contributed by atoms with Crippen LogP contribution in [0, 0.1) is 11.6 Å². The van der Waals surface area contributed by atoms with E-state index in [9.17, 15) is 13.6 Å². The molecular formula is C16H12F2N2O. The first-order valence-corrected chi connectivity index (χ1v) is 6.44. The Bertz CT molecular complexity index is 811. The van der Waals surface area contributed by atoms with Crippen molar-refractivity contribution in [3.05, 3.63) is 65.9 Å². The molecule has 0 aliphatic carbocycles. The van der Waals surface area contributed by atoms with Gasteiger partial charge in [-0.15, -0.1) is 0 Å². The minimum atomic E-state index is -0.504. The first kappa shape index (κ1) is 13.3. The summed E-state index contributed by atoms with van der Waals surface area (Å²) in [6.07, 6.45) is 1.56. The number of rotatable bonds is 3. The van der Waals surface area contributed by atoms with E-state index in [2.05, 4.69) is 10.3 Å². The van der Waals surface area contributed by atoms with Crippen molar-refractivity contribution in [2.24, 2.45) is 0 Å². The number of hydrogen-bond acceptors (Lipinski definition) is 1. The van der Waals surface area contributed by atoms with Gasteiger partial charge in [0, 0.05) is 17.1 Å². The summed E-state index contributed by atoms with van der Waals surface area (Å²) in [5.41, 5.74) is 1.28. The van der Waals surface area contributed by atoms with E-state index in [0.717, 1.165) is 0 Å². The summed E-state index contributed by atoms with van der Waals surface area (Å²) in [4.78, 5) is 14.9. The molecule has 0 radical (unpaired) electrons. The zero-order chi connectivity index (χ0) is 14.8. The van der Waals surface area contributed by atoms with E-state index in [4.69, 9.17) is 0 Å². The number of halogens is 2. The fourth-order valence-electron chi connectivity index (χ4n) is 2.28. The molecule has 0 aliphatic rings. The van der Waals surface area contributed by atoms with Gasteiger partial charge in [0.05, 0.1) is 12.1 Å². The highest BCUT2D eigenvalue weighted by Gasteiger charge is 2.13. The molecule has 0 saturated carbocycles. The topological polar surface area (TPSA) is 44.9 Å². The Morgan fingerprint density at radius 3 is 2.62 bits per heavy atom. The highest BCUT2D eigenvalue weighted by molar-refractivity contribution is 5.96.